The molecule has 3 rings (SSSR count). The molecule has 0 unspecified atom stereocenters. The van der Waals surface area contributed by atoms with E-state index in [0.29, 0.717) is 5.56 Å². The van der Waals surface area contributed by atoms with E-state index in [1.165, 1.54) is 5.56 Å². The Morgan fingerprint density at radius 2 is 2.05 bits per heavy atom. The molecule has 1 N–H and O–H groups in total. The van der Waals surface area contributed by atoms with Crippen LogP contribution in [0.2, 0.25) is 0 Å². The molecular weight excluding hydrogens is 240 g/mol. The lowest BCUT2D eigenvalue weighted by molar-refractivity contribution is 0.0697. The van der Waals surface area contributed by atoms with Crippen LogP contribution in [0.25, 0.3) is 11.1 Å². The molecular formula is C16H14O3. The van der Waals surface area contributed by atoms with E-state index in [1.807, 2.05) is 25.1 Å². The molecule has 2 aromatic rings. The zero-order chi connectivity index (χ0) is 13.4. The number of rotatable bonds is 2. The van der Waals surface area contributed by atoms with Gasteiger partial charge in [-0.05, 0) is 53.4 Å². The lowest BCUT2D eigenvalue weighted by Gasteiger charge is -2.08. The average molecular weight is 254 g/mol. The van der Waals surface area contributed by atoms with Crippen LogP contribution >= 0.6 is 0 Å². The van der Waals surface area contributed by atoms with E-state index in [2.05, 4.69) is 6.07 Å². The van der Waals surface area contributed by atoms with Crippen LogP contribution in [0.3, 0.4) is 0 Å². The van der Waals surface area contributed by atoms with Crippen molar-refractivity contribution in [3.63, 3.8) is 0 Å². The van der Waals surface area contributed by atoms with E-state index in [1.54, 1.807) is 12.1 Å². The van der Waals surface area contributed by atoms with Gasteiger partial charge < -0.3 is 9.84 Å². The largest absolute Gasteiger partial charge is 0.493 e. The number of hydrogen-bond acceptors (Lipinski definition) is 2. The number of aromatic carboxylic acids is 1. The summed E-state index contributed by atoms with van der Waals surface area (Å²) in [4.78, 5) is 10.9. The van der Waals surface area contributed by atoms with Gasteiger partial charge in [-0.2, -0.15) is 0 Å². The highest BCUT2D eigenvalue weighted by Gasteiger charge is 2.14. The van der Waals surface area contributed by atoms with Gasteiger partial charge in [0.15, 0.2) is 0 Å². The Balaban J connectivity index is 2.05. The molecule has 1 heterocycles. The minimum atomic E-state index is -0.892. The van der Waals surface area contributed by atoms with Crippen molar-refractivity contribution >= 4 is 5.97 Å². The lowest BCUT2D eigenvalue weighted by atomic mass is 9.96. The Morgan fingerprint density at radius 3 is 2.79 bits per heavy atom. The predicted octanol–water partition coefficient (Wildman–Crippen LogP) is 3.30. The summed E-state index contributed by atoms with van der Waals surface area (Å²) in [7, 11) is 0. The smallest absolute Gasteiger partial charge is 0.335 e. The minimum Gasteiger partial charge on any atom is -0.493 e. The first-order chi connectivity index (χ1) is 9.15. The fourth-order valence-corrected chi connectivity index (χ4v) is 2.47. The summed E-state index contributed by atoms with van der Waals surface area (Å²) < 4.78 is 5.49. The Morgan fingerprint density at radius 1 is 1.21 bits per heavy atom. The molecule has 3 heteroatoms. The number of carboxylic acid groups (broad SMARTS) is 1. The van der Waals surface area contributed by atoms with E-state index in [9.17, 15) is 4.79 Å². The third-order valence-electron chi connectivity index (χ3n) is 3.47. The van der Waals surface area contributed by atoms with Crippen LogP contribution in [0, 0.1) is 6.92 Å². The number of carboxylic acids is 1. The summed E-state index contributed by atoms with van der Waals surface area (Å²) in [6, 6.07) is 11.4. The van der Waals surface area contributed by atoms with Gasteiger partial charge in [0.25, 0.3) is 0 Å². The van der Waals surface area contributed by atoms with Crippen molar-refractivity contribution in [2.45, 2.75) is 13.3 Å². The average Bonchev–Trinajstić information content (AvgIpc) is 2.85. The second-order valence-electron chi connectivity index (χ2n) is 4.76. The van der Waals surface area contributed by atoms with E-state index < -0.39 is 5.97 Å². The minimum absolute atomic E-state index is 0.325. The number of benzene rings is 2. The van der Waals surface area contributed by atoms with Crippen molar-refractivity contribution in [3.05, 3.63) is 53.1 Å². The van der Waals surface area contributed by atoms with Crippen LogP contribution in [0.5, 0.6) is 5.75 Å². The van der Waals surface area contributed by atoms with Crippen LogP contribution in [0.15, 0.2) is 36.4 Å². The summed E-state index contributed by atoms with van der Waals surface area (Å²) in [5, 5.41) is 8.98. The van der Waals surface area contributed by atoms with E-state index in [4.69, 9.17) is 9.84 Å². The van der Waals surface area contributed by atoms with Crippen molar-refractivity contribution in [1.82, 2.24) is 0 Å². The zero-order valence-electron chi connectivity index (χ0n) is 10.6. The Hall–Kier alpha value is -2.29. The van der Waals surface area contributed by atoms with E-state index in [-0.39, 0.29) is 0 Å². The maximum absolute atomic E-state index is 10.9. The predicted molar refractivity (Wildman–Crippen MR) is 72.8 cm³/mol. The van der Waals surface area contributed by atoms with Gasteiger partial charge >= 0.3 is 5.97 Å². The molecule has 96 valence electrons. The maximum Gasteiger partial charge on any atom is 0.335 e. The first kappa shape index (κ1) is 11.8. The third kappa shape index (κ3) is 2.08. The highest BCUT2D eigenvalue weighted by molar-refractivity contribution is 5.89. The first-order valence-corrected chi connectivity index (χ1v) is 6.25. The van der Waals surface area contributed by atoms with Gasteiger partial charge in [-0.1, -0.05) is 12.1 Å². The fourth-order valence-electron chi connectivity index (χ4n) is 2.47. The number of hydrogen-bond donors (Lipinski definition) is 1. The fraction of sp³-hybridized carbons (Fsp3) is 0.188. The molecule has 0 bridgehead atoms. The van der Waals surface area contributed by atoms with Crippen LogP contribution in [0.1, 0.15) is 21.5 Å². The second kappa shape index (κ2) is 4.43. The molecule has 1 aliphatic heterocycles. The van der Waals surface area contributed by atoms with Gasteiger partial charge in [0, 0.05) is 6.42 Å². The summed E-state index contributed by atoms with van der Waals surface area (Å²) in [6.07, 6.45) is 0.940. The summed E-state index contributed by atoms with van der Waals surface area (Å²) in [6.45, 7) is 2.68. The van der Waals surface area contributed by atoms with Gasteiger partial charge in [-0.3, -0.25) is 0 Å². The Labute approximate surface area is 111 Å². The lowest BCUT2D eigenvalue weighted by Crippen LogP contribution is -1.97. The van der Waals surface area contributed by atoms with Crippen molar-refractivity contribution in [2.75, 3.05) is 6.61 Å². The topological polar surface area (TPSA) is 46.5 Å². The van der Waals surface area contributed by atoms with Gasteiger partial charge in [0.1, 0.15) is 5.75 Å². The molecule has 3 nitrogen and oxygen atoms in total. The first-order valence-electron chi connectivity index (χ1n) is 6.25. The molecule has 0 spiro atoms. The van der Waals surface area contributed by atoms with Crippen LogP contribution in [-0.4, -0.2) is 17.7 Å². The highest BCUT2D eigenvalue weighted by Crippen LogP contribution is 2.32. The number of carbonyl (C=O) groups is 1. The SMILES string of the molecule is Cc1cc(C(=O)O)ccc1-c1ccc2c(c1)CCO2. The number of ether oxygens (including phenoxy) is 1. The molecule has 1 aliphatic rings. The van der Waals surface area contributed by atoms with Crippen molar-refractivity contribution in [2.24, 2.45) is 0 Å². The maximum atomic E-state index is 10.9. The molecule has 0 amide bonds. The third-order valence-corrected chi connectivity index (χ3v) is 3.47. The quantitative estimate of drug-likeness (QED) is 0.894. The van der Waals surface area contributed by atoms with Crippen molar-refractivity contribution in [3.8, 4) is 16.9 Å². The zero-order valence-corrected chi connectivity index (χ0v) is 10.6. The highest BCUT2D eigenvalue weighted by atomic mass is 16.5. The molecule has 0 radical (unpaired) electrons. The molecule has 0 fully saturated rings. The molecule has 0 atom stereocenters. The van der Waals surface area contributed by atoms with Gasteiger partial charge in [0.2, 0.25) is 0 Å². The van der Waals surface area contributed by atoms with Crippen molar-refractivity contribution in [1.29, 1.82) is 0 Å². The molecule has 2 aromatic carbocycles. The van der Waals surface area contributed by atoms with Gasteiger partial charge in [-0.15, -0.1) is 0 Å². The Bertz CT molecular complexity index is 659. The molecule has 0 aliphatic carbocycles. The molecule has 19 heavy (non-hydrogen) atoms. The van der Waals surface area contributed by atoms with E-state index >= 15 is 0 Å². The van der Waals surface area contributed by atoms with E-state index in [0.717, 1.165) is 35.5 Å². The van der Waals surface area contributed by atoms with Gasteiger partial charge in [0.05, 0.1) is 12.2 Å². The Kier molecular flexibility index (Phi) is 2.75. The van der Waals surface area contributed by atoms with Crippen molar-refractivity contribution < 1.29 is 14.6 Å². The van der Waals surface area contributed by atoms with Crippen LogP contribution in [-0.2, 0) is 6.42 Å². The normalized spacial score (nSPS) is 12.9. The number of aryl methyl sites for hydroxylation is 1. The molecule has 0 saturated heterocycles. The summed E-state index contributed by atoms with van der Waals surface area (Å²) >= 11 is 0. The number of fused-ring (bicyclic) bond motifs is 1. The van der Waals surface area contributed by atoms with Crippen LogP contribution in [0.4, 0.5) is 0 Å². The molecule has 0 saturated carbocycles. The summed E-state index contributed by atoms with van der Waals surface area (Å²) in [5.74, 6) is 0.0700. The van der Waals surface area contributed by atoms with Crippen LogP contribution < -0.4 is 4.74 Å². The second-order valence-corrected chi connectivity index (χ2v) is 4.76. The van der Waals surface area contributed by atoms with Gasteiger partial charge in [-0.25, -0.2) is 4.79 Å². The standard InChI is InChI=1S/C16H14O3/c1-10-8-13(16(17)18)2-4-14(10)11-3-5-15-12(9-11)6-7-19-15/h2-5,8-9H,6-7H2,1H3,(H,17,18). The molecule has 0 aromatic heterocycles. The monoisotopic (exact) mass is 254 g/mol. The summed E-state index contributed by atoms with van der Waals surface area (Å²) in [5.41, 5.74) is 4.70.